The number of aromatic nitrogens is 2. The van der Waals surface area contributed by atoms with Crippen LogP contribution in [0.15, 0.2) is 36.4 Å². The second kappa shape index (κ2) is 8.05. The number of carbonyl (C=O) groups is 1. The van der Waals surface area contributed by atoms with E-state index in [0.29, 0.717) is 43.7 Å². The molecule has 2 saturated heterocycles. The van der Waals surface area contributed by atoms with Gasteiger partial charge in [0.2, 0.25) is 0 Å². The van der Waals surface area contributed by atoms with Gasteiger partial charge >= 0.3 is 0 Å². The van der Waals surface area contributed by atoms with Gasteiger partial charge in [0.05, 0.1) is 13.2 Å². The smallest absolute Gasteiger partial charge is 0.272 e. The fraction of sp³-hybridized carbons (Fsp3) is 0.476. The Hall–Kier alpha value is -2.47. The van der Waals surface area contributed by atoms with Crippen LogP contribution in [0.5, 0.6) is 0 Å². The second-order valence-electron chi connectivity index (χ2n) is 7.40. The summed E-state index contributed by atoms with van der Waals surface area (Å²) in [5.74, 6) is 2.06. The maximum Gasteiger partial charge on any atom is 0.272 e. The van der Waals surface area contributed by atoms with Crippen LogP contribution in [-0.2, 0) is 4.74 Å². The molecule has 0 aliphatic carbocycles. The molecule has 1 aromatic carbocycles. The second-order valence-corrected chi connectivity index (χ2v) is 7.40. The molecule has 2 aliphatic heterocycles. The van der Waals surface area contributed by atoms with Crippen LogP contribution in [-0.4, -0.2) is 60.2 Å². The van der Waals surface area contributed by atoms with Crippen LogP contribution >= 0.6 is 0 Å². The molecule has 0 N–H and O–H groups in total. The average molecular weight is 366 g/mol. The maximum absolute atomic E-state index is 13.0. The molecule has 0 radical (unpaired) electrons. The minimum Gasteiger partial charge on any atom is -0.378 e. The Kier molecular flexibility index (Phi) is 5.34. The third-order valence-corrected chi connectivity index (χ3v) is 5.24. The summed E-state index contributed by atoms with van der Waals surface area (Å²) in [4.78, 5) is 26.6. The molecule has 0 spiro atoms. The van der Waals surface area contributed by atoms with Crippen molar-refractivity contribution < 1.29 is 9.53 Å². The summed E-state index contributed by atoms with van der Waals surface area (Å²) in [5.41, 5.74) is 1.40. The van der Waals surface area contributed by atoms with E-state index in [1.54, 1.807) is 0 Å². The van der Waals surface area contributed by atoms with E-state index >= 15 is 0 Å². The van der Waals surface area contributed by atoms with Gasteiger partial charge in [0.25, 0.3) is 5.91 Å². The fourth-order valence-electron chi connectivity index (χ4n) is 3.75. The predicted molar refractivity (Wildman–Crippen MR) is 105 cm³/mol. The number of ether oxygens (including phenoxy) is 1. The lowest BCUT2D eigenvalue weighted by Gasteiger charge is -2.32. The van der Waals surface area contributed by atoms with Gasteiger partial charge in [-0.1, -0.05) is 37.3 Å². The number of benzene rings is 1. The van der Waals surface area contributed by atoms with Gasteiger partial charge < -0.3 is 14.5 Å². The molecule has 6 nitrogen and oxygen atoms in total. The molecule has 2 fully saturated rings. The first-order valence-corrected chi connectivity index (χ1v) is 9.77. The molecule has 0 bridgehead atoms. The summed E-state index contributed by atoms with van der Waals surface area (Å²) in [7, 11) is 0. The van der Waals surface area contributed by atoms with Crippen LogP contribution in [0.3, 0.4) is 0 Å². The molecule has 27 heavy (non-hydrogen) atoms. The molecule has 1 unspecified atom stereocenters. The largest absolute Gasteiger partial charge is 0.378 e. The summed E-state index contributed by atoms with van der Waals surface area (Å²) in [6, 6.07) is 11.7. The first-order chi connectivity index (χ1) is 13.2. The predicted octanol–water partition coefficient (Wildman–Crippen LogP) is 2.85. The fourth-order valence-corrected chi connectivity index (χ4v) is 3.75. The van der Waals surface area contributed by atoms with Gasteiger partial charge in [-0.25, -0.2) is 9.97 Å². The molecule has 0 saturated carbocycles. The van der Waals surface area contributed by atoms with Gasteiger partial charge in [0.15, 0.2) is 5.82 Å². The van der Waals surface area contributed by atoms with Gasteiger partial charge in [0, 0.05) is 37.8 Å². The molecule has 2 aromatic rings. The number of rotatable bonds is 3. The summed E-state index contributed by atoms with van der Waals surface area (Å²) < 4.78 is 5.37. The standard InChI is InChI=1S/C21H26N4O2/c1-16-6-5-9-25(15-16)19-14-18(21(26)24-10-12-27-13-11-24)22-20(23-19)17-7-3-2-4-8-17/h2-4,7-8,14,16H,5-6,9-13,15H2,1H3. The zero-order valence-electron chi connectivity index (χ0n) is 15.8. The van der Waals surface area contributed by atoms with Crippen molar-refractivity contribution in [2.45, 2.75) is 19.8 Å². The van der Waals surface area contributed by atoms with Crippen LogP contribution in [0.1, 0.15) is 30.3 Å². The molecule has 1 atom stereocenters. The van der Waals surface area contributed by atoms with E-state index in [0.717, 1.165) is 30.9 Å². The Bertz CT molecular complexity index is 790. The number of hydrogen-bond acceptors (Lipinski definition) is 5. The lowest BCUT2D eigenvalue weighted by molar-refractivity contribution is 0.0299. The summed E-state index contributed by atoms with van der Waals surface area (Å²) in [6.07, 6.45) is 2.39. The number of carbonyl (C=O) groups excluding carboxylic acids is 1. The third-order valence-electron chi connectivity index (χ3n) is 5.24. The zero-order valence-corrected chi connectivity index (χ0v) is 15.8. The quantitative estimate of drug-likeness (QED) is 0.836. The molecule has 1 amide bonds. The van der Waals surface area contributed by atoms with E-state index < -0.39 is 0 Å². The number of hydrogen-bond donors (Lipinski definition) is 0. The number of anilines is 1. The monoisotopic (exact) mass is 366 g/mol. The Morgan fingerprint density at radius 3 is 2.63 bits per heavy atom. The van der Waals surface area contributed by atoms with E-state index in [4.69, 9.17) is 9.72 Å². The lowest BCUT2D eigenvalue weighted by Crippen LogP contribution is -2.41. The highest BCUT2D eigenvalue weighted by Gasteiger charge is 2.24. The third kappa shape index (κ3) is 4.11. The Labute approximate surface area is 160 Å². The van der Waals surface area contributed by atoms with Gasteiger partial charge in [-0.3, -0.25) is 4.79 Å². The van der Waals surface area contributed by atoms with Crippen molar-refractivity contribution in [3.05, 3.63) is 42.1 Å². The van der Waals surface area contributed by atoms with E-state index in [2.05, 4.69) is 16.8 Å². The van der Waals surface area contributed by atoms with E-state index in [1.165, 1.54) is 6.42 Å². The van der Waals surface area contributed by atoms with Crippen molar-refractivity contribution in [1.82, 2.24) is 14.9 Å². The van der Waals surface area contributed by atoms with Crippen molar-refractivity contribution in [1.29, 1.82) is 0 Å². The molecule has 4 rings (SSSR count). The lowest BCUT2D eigenvalue weighted by atomic mass is 10.0. The average Bonchev–Trinajstić information content (AvgIpc) is 2.74. The highest BCUT2D eigenvalue weighted by Crippen LogP contribution is 2.25. The van der Waals surface area contributed by atoms with E-state index in [9.17, 15) is 4.79 Å². The van der Waals surface area contributed by atoms with Gasteiger partial charge in [-0.05, 0) is 18.8 Å². The van der Waals surface area contributed by atoms with Gasteiger partial charge in [-0.15, -0.1) is 0 Å². The van der Waals surface area contributed by atoms with Gasteiger partial charge in [-0.2, -0.15) is 0 Å². The summed E-state index contributed by atoms with van der Waals surface area (Å²) in [6.45, 7) is 6.60. The van der Waals surface area contributed by atoms with Crippen molar-refractivity contribution >= 4 is 11.7 Å². The molecule has 1 aromatic heterocycles. The topological polar surface area (TPSA) is 58.6 Å². The Balaban J connectivity index is 1.71. The molecular weight excluding hydrogens is 340 g/mol. The van der Waals surface area contributed by atoms with E-state index in [1.807, 2.05) is 41.3 Å². The molecule has 3 heterocycles. The highest BCUT2D eigenvalue weighted by molar-refractivity contribution is 5.93. The first-order valence-electron chi connectivity index (χ1n) is 9.77. The first kappa shape index (κ1) is 17.9. The normalized spacial score (nSPS) is 20.6. The number of amides is 1. The minimum atomic E-state index is -0.0378. The maximum atomic E-state index is 13.0. The van der Waals surface area contributed by atoms with Crippen LogP contribution in [0.2, 0.25) is 0 Å². The van der Waals surface area contributed by atoms with Crippen molar-refractivity contribution in [2.24, 2.45) is 5.92 Å². The van der Waals surface area contributed by atoms with Crippen molar-refractivity contribution in [2.75, 3.05) is 44.3 Å². The number of nitrogens with zero attached hydrogens (tertiary/aromatic N) is 4. The molecule has 142 valence electrons. The molecule has 2 aliphatic rings. The van der Waals surface area contributed by atoms with Crippen LogP contribution < -0.4 is 4.90 Å². The number of piperidine rings is 1. The Morgan fingerprint density at radius 1 is 1.11 bits per heavy atom. The van der Waals surface area contributed by atoms with Crippen LogP contribution in [0.25, 0.3) is 11.4 Å². The molecule has 6 heteroatoms. The van der Waals surface area contributed by atoms with Crippen molar-refractivity contribution in [3.63, 3.8) is 0 Å². The zero-order chi connectivity index (χ0) is 18.6. The summed E-state index contributed by atoms with van der Waals surface area (Å²) in [5, 5.41) is 0. The summed E-state index contributed by atoms with van der Waals surface area (Å²) >= 11 is 0. The Morgan fingerprint density at radius 2 is 1.89 bits per heavy atom. The number of morpholine rings is 1. The highest BCUT2D eigenvalue weighted by atomic mass is 16.5. The minimum absolute atomic E-state index is 0.0378. The SMILES string of the molecule is CC1CCCN(c2cc(C(=O)N3CCOCC3)nc(-c3ccccc3)n2)C1. The van der Waals surface area contributed by atoms with Crippen molar-refractivity contribution in [3.8, 4) is 11.4 Å². The van der Waals surface area contributed by atoms with Crippen LogP contribution in [0.4, 0.5) is 5.82 Å². The van der Waals surface area contributed by atoms with E-state index in [-0.39, 0.29) is 5.91 Å². The molecular formula is C21H26N4O2. The van der Waals surface area contributed by atoms with Gasteiger partial charge in [0.1, 0.15) is 11.5 Å². The van der Waals surface area contributed by atoms with Crippen LogP contribution in [0, 0.1) is 5.92 Å².